The first-order valence-corrected chi connectivity index (χ1v) is 27.2. The molecule has 0 radical (unpaired) electrons. The van der Waals surface area contributed by atoms with E-state index in [0.29, 0.717) is 23.9 Å². The van der Waals surface area contributed by atoms with E-state index in [0.717, 1.165) is 89.9 Å². The number of allylic oxidation sites excluding steroid dienone is 12. The number of carbonyl (C=O) groups excluding carboxylic acids is 1. The van der Waals surface area contributed by atoms with Gasteiger partial charge in [-0.2, -0.15) is 0 Å². The number of carbonyl (C=O) groups is 1. The number of likely N-dealkylation sites (N-methyl/N-ethyl adjacent to an activating group) is 1. The molecule has 0 aliphatic rings. The normalized spacial score (nSPS) is 14.7. The van der Waals surface area contributed by atoms with Gasteiger partial charge < -0.3 is 28.8 Å². The summed E-state index contributed by atoms with van der Waals surface area (Å²) < 4.78 is 23.3. The van der Waals surface area contributed by atoms with E-state index < -0.39 is 20.0 Å². The molecule has 8 nitrogen and oxygen atoms in total. The molecule has 0 spiro atoms. The average Bonchev–Trinajstić information content (AvgIpc) is 3.24. The highest BCUT2D eigenvalue weighted by Crippen LogP contribution is 2.38. The van der Waals surface area contributed by atoms with Crippen LogP contribution in [0.3, 0.4) is 0 Å². The summed E-state index contributed by atoms with van der Waals surface area (Å²) in [7, 11) is 1.28. The zero-order valence-electron chi connectivity index (χ0n) is 41.5. The number of hydrogen-bond acceptors (Lipinski definition) is 6. The lowest BCUT2D eigenvalue weighted by atomic mass is 10.0. The van der Waals surface area contributed by atoms with E-state index >= 15 is 0 Å². The SMILES string of the molecule is CC/C=C\C/C=C\C/C=C\C/C=C\C/C=C\C/C=C\CCCCCCCCC(=O)NC(COP(=O)([O-])OCC[N+](C)(C)C)C(O)CCCCCCCCCCCCCCCCCC. The van der Waals surface area contributed by atoms with Gasteiger partial charge in [-0.05, 0) is 64.2 Å². The van der Waals surface area contributed by atoms with Crippen molar-refractivity contribution in [1.29, 1.82) is 0 Å². The fraction of sp³-hybridized carbons (Fsp3) is 0.759. The van der Waals surface area contributed by atoms with E-state index in [1.165, 1.54) is 96.3 Å². The molecule has 63 heavy (non-hydrogen) atoms. The molecule has 0 bridgehead atoms. The second-order valence-corrected chi connectivity index (χ2v) is 19.9. The highest BCUT2D eigenvalue weighted by Gasteiger charge is 2.24. The molecule has 0 rings (SSSR count). The number of aliphatic hydroxyl groups excluding tert-OH is 1. The summed E-state index contributed by atoms with van der Waals surface area (Å²) in [4.78, 5) is 25.4. The molecule has 0 saturated carbocycles. The van der Waals surface area contributed by atoms with Gasteiger partial charge in [-0.25, -0.2) is 0 Å². The average molecular weight is 903 g/mol. The minimum Gasteiger partial charge on any atom is -0.756 e. The third-order valence-corrected chi connectivity index (χ3v) is 12.2. The van der Waals surface area contributed by atoms with Gasteiger partial charge in [0, 0.05) is 6.42 Å². The van der Waals surface area contributed by atoms with E-state index in [-0.39, 0.29) is 19.1 Å². The lowest BCUT2D eigenvalue weighted by molar-refractivity contribution is -0.870. The van der Waals surface area contributed by atoms with Crippen molar-refractivity contribution in [3.05, 3.63) is 72.9 Å². The van der Waals surface area contributed by atoms with Gasteiger partial charge in [-0.3, -0.25) is 9.36 Å². The molecule has 0 saturated heterocycles. The summed E-state index contributed by atoms with van der Waals surface area (Å²) in [5, 5.41) is 14.0. The molecule has 3 unspecified atom stereocenters. The second-order valence-electron chi connectivity index (χ2n) is 18.5. The van der Waals surface area contributed by atoms with Crippen LogP contribution in [0.15, 0.2) is 72.9 Å². The van der Waals surface area contributed by atoms with Crippen LogP contribution in [0.4, 0.5) is 0 Å². The van der Waals surface area contributed by atoms with Crippen LogP contribution in [-0.4, -0.2) is 68.5 Å². The Morgan fingerprint density at radius 1 is 0.571 bits per heavy atom. The van der Waals surface area contributed by atoms with Crippen molar-refractivity contribution in [3.8, 4) is 0 Å². The fourth-order valence-electron chi connectivity index (χ4n) is 7.16. The lowest BCUT2D eigenvalue weighted by Crippen LogP contribution is -2.46. The van der Waals surface area contributed by atoms with Crippen LogP contribution in [0.1, 0.15) is 213 Å². The molecule has 0 aromatic rings. The number of amides is 1. The van der Waals surface area contributed by atoms with Crippen LogP contribution in [0, 0.1) is 0 Å². The summed E-state index contributed by atoms with van der Waals surface area (Å²) >= 11 is 0. The van der Waals surface area contributed by atoms with Crippen LogP contribution < -0.4 is 10.2 Å². The molecule has 9 heteroatoms. The number of rotatable bonds is 46. The van der Waals surface area contributed by atoms with Crippen LogP contribution >= 0.6 is 7.82 Å². The molecule has 0 heterocycles. The van der Waals surface area contributed by atoms with Gasteiger partial charge in [-0.1, -0.05) is 215 Å². The Bertz CT molecular complexity index is 1250. The Morgan fingerprint density at radius 2 is 0.968 bits per heavy atom. The molecule has 3 atom stereocenters. The maximum Gasteiger partial charge on any atom is 0.268 e. The predicted molar refractivity (Wildman–Crippen MR) is 270 cm³/mol. The minimum absolute atomic E-state index is 0.00551. The molecule has 366 valence electrons. The third kappa shape index (κ3) is 47.7. The first-order valence-electron chi connectivity index (χ1n) is 25.8. The summed E-state index contributed by atoms with van der Waals surface area (Å²) in [6, 6.07) is -0.813. The zero-order valence-corrected chi connectivity index (χ0v) is 42.4. The number of hydrogen-bond donors (Lipinski definition) is 2. The first-order chi connectivity index (χ1) is 30.5. The maximum absolute atomic E-state index is 12.9. The monoisotopic (exact) mass is 903 g/mol. The highest BCUT2D eigenvalue weighted by molar-refractivity contribution is 7.45. The van der Waals surface area contributed by atoms with Gasteiger partial charge in [0.2, 0.25) is 5.91 Å². The van der Waals surface area contributed by atoms with Crippen LogP contribution in [-0.2, 0) is 18.4 Å². The molecule has 2 N–H and O–H groups in total. The van der Waals surface area contributed by atoms with Gasteiger partial charge in [-0.15, -0.1) is 0 Å². The number of nitrogens with one attached hydrogen (secondary N) is 1. The summed E-state index contributed by atoms with van der Waals surface area (Å²) in [6.07, 6.45) is 60.5. The Balaban J connectivity index is 4.30. The maximum atomic E-state index is 12.9. The Morgan fingerprint density at radius 3 is 1.41 bits per heavy atom. The molecule has 0 aliphatic heterocycles. The third-order valence-electron chi connectivity index (χ3n) is 11.2. The number of unbranched alkanes of at least 4 members (excludes halogenated alkanes) is 21. The molecule has 0 aliphatic carbocycles. The smallest absolute Gasteiger partial charge is 0.268 e. The number of quaternary nitrogens is 1. The van der Waals surface area contributed by atoms with Gasteiger partial charge in [0.25, 0.3) is 7.82 Å². The van der Waals surface area contributed by atoms with Gasteiger partial charge in [0.1, 0.15) is 13.2 Å². The molecule has 0 aromatic carbocycles. The van der Waals surface area contributed by atoms with Crippen molar-refractivity contribution >= 4 is 13.7 Å². The van der Waals surface area contributed by atoms with E-state index in [4.69, 9.17) is 9.05 Å². The van der Waals surface area contributed by atoms with E-state index in [1.807, 2.05) is 21.1 Å². The van der Waals surface area contributed by atoms with Crippen LogP contribution in [0.5, 0.6) is 0 Å². The van der Waals surface area contributed by atoms with E-state index in [1.54, 1.807) is 0 Å². The van der Waals surface area contributed by atoms with Crippen molar-refractivity contribution in [3.63, 3.8) is 0 Å². The van der Waals surface area contributed by atoms with Crippen LogP contribution in [0.2, 0.25) is 0 Å². The number of phosphoric ester groups is 1. The van der Waals surface area contributed by atoms with Crippen molar-refractivity contribution in [2.75, 3.05) is 40.9 Å². The Hall–Kier alpha value is -2.06. The topological polar surface area (TPSA) is 108 Å². The molecule has 0 aromatic heterocycles. The van der Waals surface area contributed by atoms with E-state index in [9.17, 15) is 19.4 Å². The number of phosphoric acid groups is 1. The van der Waals surface area contributed by atoms with Gasteiger partial charge in [0.05, 0.1) is 39.9 Å². The molecule has 1 amide bonds. The van der Waals surface area contributed by atoms with Crippen LogP contribution in [0.25, 0.3) is 0 Å². The van der Waals surface area contributed by atoms with E-state index in [2.05, 4.69) is 92.1 Å². The van der Waals surface area contributed by atoms with Gasteiger partial charge in [0.15, 0.2) is 0 Å². The second kappa shape index (κ2) is 45.1. The van der Waals surface area contributed by atoms with Crippen molar-refractivity contribution in [2.45, 2.75) is 225 Å². The van der Waals surface area contributed by atoms with Crippen molar-refractivity contribution in [1.82, 2.24) is 5.32 Å². The Labute approximate surface area is 389 Å². The van der Waals surface area contributed by atoms with Crippen molar-refractivity contribution < 1.29 is 32.9 Å². The minimum atomic E-state index is -4.58. The summed E-state index contributed by atoms with van der Waals surface area (Å²) in [5.41, 5.74) is 0. The lowest BCUT2D eigenvalue weighted by Gasteiger charge is -2.30. The summed E-state index contributed by atoms with van der Waals surface area (Å²) in [6.45, 7) is 4.59. The first kappa shape index (κ1) is 60.9. The number of aliphatic hydroxyl groups is 1. The summed E-state index contributed by atoms with van der Waals surface area (Å²) in [5.74, 6) is -0.182. The van der Waals surface area contributed by atoms with Gasteiger partial charge >= 0.3 is 0 Å². The predicted octanol–water partition coefficient (Wildman–Crippen LogP) is 14.5. The standard InChI is InChI=1S/C54H99N2O6P/c1-6-8-10-12-14-16-18-20-22-24-25-26-27-28-29-30-31-32-34-36-38-40-42-44-46-48-54(58)55-52(51-62-63(59,60)61-50-49-56(3,4)5)53(57)47-45-43-41-39-37-35-33-23-21-19-17-15-13-11-9-7-2/h8,10,14,16,20,22,25-26,28-29,31-32,52-53,57H,6-7,9,11-13,15,17-19,21,23-24,27,30,33-51H2,1-5H3,(H-,55,58,59,60)/b10-8-,16-14-,22-20-,26-25-,29-28-,32-31-. The zero-order chi connectivity index (χ0) is 46.4. The Kier molecular flexibility index (Phi) is 43.6. The fourth-order valence-corrected chi connectivity index (χ4v) is 7.88. The quantitative estimate of drug-likeness (QED) is 0.0273. The number of nitrogens with zero attached hydrogens (tertiary/aromatic N) is 1. The molecular weight excluding hydrogens is 804 g/mol. The molecular formula is C54H99N2O6P. The molecule has 0 fully saturated rings. The van der Waals surface area contributed by atoms with Crippen molar-refractivity contribution in [2.24, 2.45) is 0 Å². The highest BCUT2D eigenvalue weighted by atomic mass is 31.2. The largest absolute Gasteiger partial charge is 0.756 e.